The van der Waals surface area contributed by atoms with Gasteiger partial charge in [0.25, 0.3) is 0 Å². The molecule has 3 nitrogen and oxygen atoms in total. The van der Waals surface area contributed by atoms with Crippen LogP contribution in [0.3, 0.4) is 0 Å². The fraction of sp³-hybridized carbons (Fsp3) is 0.522. The van der Waals surface area contributed by atoms with Crippen LogP contribution in [-0.2, 0) is 10.2 Å². The lowest BCUT2D eigenvalue weighted by Crippen LogP contribution is -2.25. The summed E-state index contributed by atoms with van der Waals surface area (Å²) >= 11 is 0. The molecule has 27 heavy (non-hydrogen) atoms. The van der Waals surface area contributed by atoms with Gasteiger partial charge in [0.1, 0.15) is 5.75 Å². The predicted molar refractivity (Wildman–Crippen MR) is 109 cm³/mol. The highest BCUT2D eigenvalue weighted by atomic mass is 19.1. The first-order valence-electron chi connectivity index (χ1n) is 9.58. The number of carbonyl (C=O) groups is 1. The first-order valence-corrected chi connectivity index (χ1v) is 9.58. The van der Waals surface area contributed by atoms with Crippen molar-refractivity contribution in [3.63, 3.8) is 0 Å². The van der Waals surface area contributed by atoms with E-state index in [-0.39, 0.29) is 22.8 Å². The van der Waals surface area contributed by atoms with Crippen molar-refractivity contribution >= 4 is 17.1 Å². The summed E-state index contributed by atoms with van der Waals surface area (Å²) in [4.78, 5) is 11.3. The minimum Gasteiger partial charge on any atom is -0.493 e. The van der Waals surface area contributed by atoms with E-state index in [0.29, 0.717) is 17.9 Å². The maximum atomic E-state index is 14.4. The topological polar surface area (TPSA) is 46.5 Å². The Balaban J connectivity index is 2.87. The second kappa shape index (κ2) is 7.49. The lowest BCUT2D eigenvalue weighted by atomic mass is 9.67. The van der Waals surface area contributed by atoms with Gasteiger partial charge in [0.2, 0.25) is 5.83 Å². The predicted octanol–water partition coefficient (Wildman–Crippen LogP) is 6.37. The van der Waals surface area contributed by atoms with E-state index in [2.05, 4.69) is 40.7 Å². The molecular formula is C23H31FO3. The van der Waals surface area contributed by atoms with Gasteiger partial charge in [-0.25, -0.2) is 4.79 Å². The Hall–Kier alpha value is -2.10. The van der Waals surface area contributed by atoms with Gasteiger partial charge in [-0.1, -0.05) is 47.6 Å². The lowest BCUT2D eigenvalue weighted by Gasteiger charge is -2.37. The van der Waals surface area contributed by atoms with Crippen LogP contribution in [0.25, 0.3) is 11.1 Å². The van der Waals surface area contributed by atoms with E-state index in [1.165, 1.54) is 5.57 Å². The maximum Gasteiger partial charge on any atom is 0.365 e. The van der Waals surface area contributed by atoms with E-state index in [4.69, 9.17) is 4.74 Å². The van der Waals surface area contributed by atoms with Crippen LogP contribution >= 0.6 is 0 Å². The van der Waals surface area contributed by atoms with Gasteiger partial charge in [-0.05, 0) is 59.4 Å². The van der Waals surface area contributed by atoms with E-state index in [9.17, 15) is 14.3 Å². The zero-order valence-corrected chi connectivity index (χ0v) is 17.5. The van der Waals surface area contributed by atoms with Crippen molar-refractivity contribution in [1.29, 1.82) is 0 Å². The number of carboxylic acids is 1. The summed E-state index contributed by atoms with van der Waals surface area (Å²) < 4.78 is 20.2. The average Bonchev–Trinajstić information content (AvgIpc) is 2.55. The van der Waals surface area contributed by atoms with Gasteiger partial charge in [0.15, 0.2) is 0 Å². The lowest BCUT2D eigenvalue weighted by molar-refractivity contribution is -0.134. The standard InChI is InChI=1S/C23H31FO3/c1-8-14(20(24)21(25)26)15-12-16-17(22(3,4)5)10-11-23(6,7)18(16)13-19(15)27-9-2/h10,12-13H,8-9,11H2,1-7H3,(H,25,26). The molecular weight excluding hydrogens is 343 g/mol. The Morgan fingerprint density at radius 1 is 1.26 bits per heavy atom. The molecule has 0 aromatic heterocycles. The SMILES string of the molecule is CCOc1cc2c(cc1C(CC)=C(F)C(=O)O)C(C(C)(C)C)=CCC2(C)C. The quantitative estimate of drug-likeness (QED) is 0.609. The number of aliphatic carboxylic acids is 1. The number of hydrogen-bond acceptors (Lipinski definition) is 2. The van der Waals surface area contributed by atoms with Crippen LogP contribution in [0.4, 0.5) is 4.39 Å². The summed E-state index contributed by atoms with van der Waals surface area (Å²) in [7, 11) is 0. The summed E-state index contributed by atoms with van der Waals surface area (Å²) in [6.45, 7) is 14.9. The molecule has 1 aliphatic carbocycles. The summed E-state index contributed by atoms with van der Waals surface area (Å²) in [6, 6.07) is 3.91. The number of halogens is 1. The first kappa shape index (κ1) is 21.2. The van der Waals surface area contributed by atoms with Gasteiger partial charge in [-0.2, -0.15) is 4.39 Å². The molecule has 0 atom stereocenters. The molecule has 148 valence electrons. The first-order chi connectivity index (χ1) is 12.4. The van der Waals surface area contributed by atoms with Crippen molar-refractivity contribution in [3.05, 3.63) is 40.7 Å². The average molecular weight is 374 g/mol. The minimum atomic E-state index is -1.54. The number of benzene rings is 1. The van der Waals surface area contributed by atoms with Crippen molar-refractivity contribution in [2.75, 3.05) is 6.61 Å². The zero-order valence-electron chi connectivity index (χ0n) is 17.5. The molecule has 2 rings (SSSR count). The molecule has 0 saturated heterocycles. The van der Waals surface area contributed by atoms with Gasteiger partial charge in [-0.3, -0.25) is 0 Å². The van der Waals surface area contributed by atoms with E-state index in [0.717, 1.165) is 17.5 Å². The number of allylic oxidation sites excluding steroid dienone is 3. The van der Waals surface area contributed by atoms with Crippen LogP contribution in [0.2, 0.25) is 0 Å². The van der Waals surface area contributed by atoms with E-state index in [1.807, 2.05) is 19.1 Å². The van der Waals surface area contributed by atoms with Crippen LogP contribution in [0.15, 0.2) is 24.0 Å². The molecule has 1 aliphatic rings. The Kier molecular flexibility index (Phi) is 5.88. The third-order valence-corrected chi connectivity index (χ3v) is 5.19. The number of fused-ring (bicyclic) bond motifs is 1. The number of carboxylic acid groups (broad SMARTS) is 1. The molecule has 1 aromatic rings. The van der Waals surface area contributed by atoms with Crippen LogP contribution in [0, 0.1) is 5.41 Å². The van der Waals surface area contributed by atoms with Crippen LogP contribution in [0.1, 0.15) is 78.0 Å². The monoisotopic (exact) mass is 374 g/mol. The Morgan fingerprint density at radius 2 is 1.89 bits per heavy atom. The van der Waals surface area contributed by atoms with Crippen LogP contribution in [-0.4, -0.2) is 17.7 Å². The summed E-state index contributed by atoms with van der Waals surface area (Å²) in [5.41, 5.74) is 3.98. The third kappa shape index (κ3) is 4.10. The number of rotatable bonds is 5. The van der Waals surface area contributed by atoms with E-state index >= 15 is 0 Å². The molecule has 1 aromatic carbocycles. The number of hydrogen-bond donors (Lipinski definition) is 1. The molecule has 0 saturated carbocycles. The highest BCUT2D eigenvalue weighted by Gasteiger charge is 2.34. The highest BCUT2D eigenvalue weighted by Crippen LogP contribution is 2.48. The Morgan fingerprint density at radius 3 is 2.37 bits per heavy atom. The van der Waals surface area contributed by atoms with Gasteiger partial charge < -0.3 is 9.84 Å². The normalized spacial score (nSPS) is 17.0. The van der Waals surface area contributed by atoms with Crippen molar-refractivity contribution in [3.8, 4) is 5.75 Å². The van der Waals surface area contributed by atoms with Crippen molar-refractivity contribution in [2.45, 2.75) is 66.7 Å². The molecule has 0 fully saturated rings. The molecule has 0 aliphatic heterocycles. The van der Waals surface area contributed by atoms with Crippen LogP contribution in [0.5, 0.6) is 5.75 Å². The molecule has 0 heterocycles. The molecule has 0 spiro atoms. The second-order valence-corrected chi connectivity index (χ2v) is 8.73. The molecule has 0 radical (unpaired) electrons. The Bertz CT molecular complexity index is 808. The third-order valence-electron chi connectivity index (χ3n) is 5.19. The molecule has 4 heteroatoms. The van der Waals surface area contributed by atoms with Gasteiger partial charge in [-0.15, -0.1) is 0 Å². The molecule has 0 bridgehead atoms. The molecule has 1 N–H and O–H groups in total. The Labute approximate surface area is 161 Å². The minimum absolute atomic E-state index is 0.0723. The fourth-order valence-corrected chi connectivity index (χ4v) is 3.75. The molecule has 0 unspecified atom stereocenters. The largest absolute Gasteiger partial charge is 0.493 e. The molecule has 0 amide bonds. The zero-order chi connectivity index (χ0) is 20.6. The van der Waals surface area contributed by atoms with Gasteiger partial charge in [0.05, 0.1) is 6.61 Å². The summed E-state index contributed by atoms with van der Waals surface area (Å²) in [6.07, 6.45) is 3.45. The second-order valence-electron chi connectivity index (χ2n) is 8.73. The maximum absolute atomic E-state index is 14.4. The summed E-state index contributed by atoms with van der Waals surface area (Å²) in [5, 5.41) is 9.18. The smallest absolute Gasteiger partial charge is 0.365 e. The number of ether oxygens (including phenoxy) is 1. The van der Waals surface area contributed by atoms with E-state index in [1.54, 1.807) is 6.92 Å². The summed E-state index contributed by atoms with van der Waals surface area (Å²) in [5.74, 6) is -2.11. The van der Waals surface area contributed by atoms with Gasteiger partial charge >= 0.3 is 5.97 Å². The van der Waals surface area contributed by atoms with Crippen molar-refractivity contribution in [2.24, 2.45) is 5.41 Å². The van der Waals surface area contributed by atoms with Crippen LogP contribution < -0.4 is 4.74 Å². The van der Waals surface area contributed by atoms with Gasteiger partial charge in [0, 0.05) is 11.1 Å². The van der Waals surface area contributed by atoms with E-state index < -0.39 is 11.8 Å². The highest BCUT2D eigenvalue weighted by molar-refractivity contribution is 5.95. The van der Waals surface area contributed by atoms with Crippen molar-refractivity contribution < 1.29 is 19.0 Å². The van der Waals surface area contributed by atoms with Crippen molar-refractivity contribution in [1.82, 2.24) is 0 Å². The fourth-order valence-electron chi connectivity index (χ4n) is 3.75.